The summed E-state index contributed by atoms with van der Waals surface area (Å²) in [5.74, 6) is -1.34. The zero-order valence-electron chi connectivity index (χ0n) is 33.8. The molecule has 310 valence electrons. The number of hydrogen-bond acceptors (Lipinski definition) is 9. The van der Waals surface area contributed by atoms with Crippen LogP contribution in [0.3, 0.4) is 0 Å². The standard InChI is InChI=1S/C43H54N6O8S/c1-7-27-24-43(27,40(52)47-58(54,55)31-18-19-31)46-38(50)35-22-30(25-49(35)39(51)37(42(2,3)4)48(5)41(53)44-28-15-11-12-16-28)57-36-23-33(26-13-9-8-10-14-26)45-34-21-29(56-6)17-20-32(34)36/h7-10,13-14,17,20-21,23,27-28,30-31,35,37H,1,11-12,15-16,18-19,22,24-25H2,2-6H3,(H,44,53)(H,46,50)(H,47,52)/t27-,30-,35+,37-,43-/m1/s1. The molecule has 1 aliphatic heterocycles. The van der Waals surface area contributed by atoms with Gasteiger partial charge in [-0.1, -0.05) is 70.0 Å². The minimum absolute atomic E-state index is 0.0115. The number of amides is 5. The monoisotopic (exact) mass is 814 g/mol. The molecule has 15 heteroatoms. The maximum atomic E-state index is 15.0. The maximum absolute atomic E-state index is 15.0. The normalized spacial score (nSPS) is 23.8. The van der Waals surface area contributed by atoms with Crippen molar-refractivity contribution >= 4 is 44.7 Å². The van der Waals surface area contributed by atoms with E-state index in [0.29, 0.717) is 40.9 Å². The van der Waals surface area contributed by atoms with Crippen LogP contribution in [0.2, 0.25) is 0 Å². The molecule has 3 saturated carbocycles. The van der Waals surface area contributed by atoms with Crippen LogP contribution in [-0.2, 0) is 24.4 Å². The van der Waals surface area contributed by atoms with Crippen LogP contribution in [0.4, 0.5) is 4.79 Å². The topological polar surface area (TPSA) is 176 Å². The molecule has 14 nitrogen and oxygen atoms in total. The number of ether oxygens (including phenoxy) is 2. The zero-order valence-corrected chi connectivity index (χ0v) is 34.6. The highest BCUT2D eigenvalue weighted by molar-refractivity contribution is 7.91. The van der Waals surface area contributed by atoms with Gasteiger partial charge >= 0.3 is 6.03 Å². The fraction of sp³-hybridized carbons (Fsp3) is 0.512. The van der Waals surface area contributed by atoms with Crippen LogP contribution in [0.1, 0.15) is 72.1 Å². The highest BCUT2D eigenvalue weighted by Gasteiger charge is 2.62. The van der Waals surface area contributed by atoms with E-state index >= 15 is 0 Å². The van der Waals surface area contributed by atoms with Crippen LogP contribution in [0.15, 0.2) is 67.3 Å². The van der Waals surface area contributed by atoms with Crippen molar-refractivity contribution in [3.05, 3.63) is 67.3 Å². The van der Waals surface area contributed by atoms with Gasteiger partial charge in [0.05, 0.1) is 30.1 Å². The molecule has 0 unspecified atom stereocenters. The molecule has 0 spiro atoms. The predicted octanol–water partition coefficient (Wildman–Crippen LogP) is 4.93. The van der Waals surface area contributed by atoms with Gasteiger partial charge in [0.1, 0.15) is 35.2 Å². The summed E-state index contributed by atoms with van der Waals surface area (Å²) in [5, 5.41) is 6.00. The lowest BCUT2D eigenvalue weighted by molar-refractivity contribution is -0.145. The number of benzene rings is 2. The molecule has 4 fully saturated rings. The Labute approximate surface area is 340 Å². The molecule has 2 aromatic carbocycles. The summed E-state index contributed by atoms with van der Waals surface area (Å²) in [6.07, 6.45) is 5.71. The molecular formula is C43H54N6O8S. The number of fused-ring (bicyclic) bond motifs is 1. The molecule has 1 aromatic heterocycles. The lowest BCUT2D eigenvalue weighted by Gasteiger charge is -2.40. The Balaban J connectivity index is 1.22. The van der Waals surface area contributed by atoms with E-state index in [1.807, 2.05) is 69.3 Å². The van der Waals surface area contributed by atoms with E-state index in [2.05, 4.69) is 21.9 Å². The maximum Gasteiger partial charge on any atom is 0.318 e. The van der Waals surface area contributed by atoms with Crippen molar-refractivity contribution in [3.8, 4) is 22.8 Å². The summed E-state index contributed by atoms with van der Waals surface area (Å²) in [4.78, 5) is 64.7. The molecular weight excluding hydrogens is 761 g/mol. The van der Waals surface area contributed by atoms with E-state index in [1.54, 1.807) is 20.2 Å². The van der Waals surface area contributed by atoms with Gasteiger partial charge in [-0.25, -0.2) is 18.2 Å². The molecule has 1 saturated heterocycles. The summed E-state index contributed by atoms with van der Waals surface area (Å²) in [5.41, 5.74) is -0.180. The Hall–Kier alpha value is -5.18. The van der Waals surface area contributed by atoms with Gasteiger partial charge in [-0.15, -0.1) is 6.58 Å². The number of likely N-dealkylation sites (N-methyl/N-ethyl adjacent to an activating group) is 1. The Morgan fingerprint density at radius 2 is 1.74 bits per heavy atom. The fourth-order valence-corrected chi connectivity index (χ4v) is 9.83. The average Bonchev–Trinajstić information content (AvgIpc) is 4.07. The van der Waals surface area contributed by atoms with E-state index in [9.17, 15) is 27.6 Å². The smallest absolute Gasteiger partial charge is 0.318 e. The fourth-order valence-electron chi connectivity index (χ4n) is 8.47. The summed E-state index contributed by atoms with van der Waals surface area (Å²) in [7, 11) is -0.737. The molecule has 2 heterocycles. The van der Waals surface area contributed by atoms with Crippen LogP contribution < -0.4 is 24.8 Å². The van der Waals surface area contributed by atoms with Crippen molar-refractivity contribution in [2.24, 2.45) is 11.3 Å². The van der Waals surface area contributed by atoms with Gasteiger partial charge in [-0.05, 0) is 49.7 Å². The van der Waals surface area contributed by atoms with E-state index < -0.39 is 68.1 Å². The van der Waals surface area contributed by atoms with E-state index in [1.165, 1.54) is 15.9 Å². The average molecular weight is 815 g/mol. The van der Waals surface area contributed by atoms with E-state index in [-0.39, 0.29) is 31.5 Å². The molecule has 5 atom stereocenters. The Morgan fingerprint density at radius 3 is 2.36 bits per heavy atom. The number of likely N-dealkylation sites (tertiary alicyclic amines) is 1. The highest BCUT2D eigenvalue weighted by Crippen LogP contribution is 2.46. The van der Waals surface area contributed by atoms with Crippen LogP contribution >= 0.6 is 0 Å². The van der Waals surface area contributed by atoms with Gasteiger partial charge in [0.25, 0.3) is 5.91 Å². The SMILES string of the molecule is C=C[C@@H]1C[C@]1(NC(=O)[C@@H]1C[C@@H](Oc2cc(-c3ccccc3)nc3cc(OC)ccc23)CN1C(=O)[C@@H](N(C)C(=O)NC1CCCC1)C(C)(C)C)C(=O)NS(=O)(=O)C1CC1. The number of sulfonamides is 1. The number of rotatable bonds is 13. The number of carbonyl (C=O) groups is 4. The lowest BCUT2D eigenvalue weighted by Crippen LogP contribution is -2.61. The second-order valence-electron chi connectivity index (χ2n) is 17.2. The first kappa shape index (κ1) is 41.0. The quantitative estimate of drug-likeness (QED) is 0.202. The van der Waals surface area contributed by atoms with Crippen molar-refractivity contribution in [2.45, 2.75) is 107 Å². The number of carbonyl (C=O) groups excluding carboxylic acids is 4. The number of urea groups is 1. The Kier molecular flexibility index (Phi) is 11.2. The molecule has 3 N–H and O–H groups in total. The van der Waals surface area contributed by atoms with E-state index in [0.717, 1.165) is 31.2 Å². The van der Waals surface area contributed by atoms with Gasteiger partial charge in [0.2, 0.25) is 21.8 Å². The number of pyridine rings is 1. The first-order valence-electron chi connectivity index (χ1n) is 20.1. The zero-order chi connectivity index (χ0) is 41.6. The number of hydrogen-bond donors (Lipinski definition) is 3. The van der Waals surface area contributed by atoms with Crippen LogP contribution in [-0.4, -0.2) is 103 Å². The molecule has 4 aliphatic rings. The van der Waals surface area contributed by atoms with Crippen molar-refractivity contribution < 1.29 is 37.1 Å². The van der Waals surface area contributed by atoms with Gasteiger partial charge in [0, 0.05) is 48.5 Å². The van der Waals surface area contributed by atoms with Gasteiger partial charge in [-0.2, -0.15) is 0 Å². The predicted molar refractivity (Wildman–Crippen MR) is 219 cm³/mol. The molecule has 3 aliphatic carbocycles. The van der Waals surface area contributed by atoms with Crippen molar-refractivity contribution in [3.63, 3.8) is 0 Å². The third kappa shape index (κ3) is 8.36. The Morgan fingerprint density at radius 1 is 1.03 bits per heavy atom. The van der Waals surface area contributed by atoms with Crippen LogP contribution in [0.5, 0.6) is 11.5 Å². The second-order valence-corrected chi connectivity index (χ2v) is 19.2. The largest absolute Gasteiger partial charge is 0.497 e. The molecule has 3 aromatic rings. The van der Waals surface area contributed by atoms with Gasteiger partial charge in [-0.3, -0.25) is 19.1 Å². The van der Waals surface area contributed by atoms with Crippen LogP contribution in [0.25, 0.3) is 22.2 Å². The van der Waals surface area contributed by atoms with E-state index in [4.69, 9.17) is 14.5 Å². The minimum Gasteiger partial charge on any atom is -0.497 e. The van der Waals surface area contributed by atoms with Crippen molar-refractivity contribution in [1.82, 2.24) is 30.1 Å². The summed E-state index contributed by atoms with van der Waals surface area (Å²) in [6, 6.07) is 14.5. The van der Waals surface area contributed by atoms with Gasteiger partial charge in [0.15, 0.2) is 0 Å². The van der Waals surface area contributed by atoms with Crippen molar-refractivity contribution in [2.75, 3.05) is 20.7 Å². The number of methoxy groups -OCH3 is 1. The lowest BCUT2D eigenvalue weighted by atomic mass is 9.84. The highest BCUT2D eigenvalue weighted by atomic mass is 32.2. The number of aromatic nitrogens is 1. The second kappa shape index (κ2) is 15.9. The first-order valence-corrected chi connectivity index (χ1v) is 21.6. The third-order valence-corrected chi connectivity index (χ3v) is 13.7. The molecule has 0 bridgehead atoms. The summed E-state index contributed by atoms with van der Waals surface area (Å²) < 4.78 is 40.1. The number of nitrogens with zero attached hydrogens (tertiary/aromatic N) is 3. The third-order valence-electron chi connectivity index (χ3n) is 11.9. The first-order chi connectivity index (χ1) is 27.5. The molecule has 0 radical (unpaired) electrons. The minimum atomic E-state index is -3.91. The molecule has 7 rings (SSSR count). The molecule has 58 heavy (non-hydrogen) atoms. The number of nitrogens with one attached hydrogen (secondary N) is 3. The van der Waals surface area contributed by atoms with Crippen LogP contribution in [0, 0.1) is 11.3 Å². The summed E-state index contributed by atoms with van der Waals surface area (Å²) in [6.45, 7) is 9.42. The summed E-state index contributed by atoms with van der Waals surface area (Å²) >= 11 is 0. The molecule has 5 amide bonds. The Bertz CT molecular complexity index is 2200. The van der Waals surface area contributed by atoms with Crippen molar-refractivity contribution in [1.29, 1.82) is 0 Å². The van der Waals surface area contributed by atoms with Gasteiger partial charge < -0.3 is 29.9 Å².